The molecule has 0 radical (unpaired) electrons. The van der Waals surface area contributed by atoms with Gasteiger partial charge in [0.1, 0.15) is 11.6 Å². The van der Waals surface area contributed by atoms with Crippen molar-refractivity contribution in [3.63, 3.8) is 0 Å². The summed E-state index contributed by atoms with van der Waals surface area (Å²) >= 11 is 6.45. The number of hydrogen-bond acceptors (Lipinski definition) is 6. The van der Waals surface area contributed by atoms with Gasteiger partial charge in [0.05, 0.1) is 30.0 Å². The van der Waals surface area contributed by atoms with Gasteiger partial charge in [0, 0.05) is 37.6 Å². The molecule has 0 unspecified atom stereocenters. The highest BCUT2D eigenvalue weighted by Crippen LogP contribution is 2.31. The molecule has 8 heteroatoms. The third kappa shape index (κ3) is 5.69. The van der Waals surface area contributed by atoms with Gasteiger partial charge in [0.25, 0.3) is 0 Å². The Morgan fingerprint density at radius 1 is 1.09 bits per heavy atom. The molecule has 0 atom stereocenters. The normalized spacial score (nSPS) is 11.0. The first kappa shape index (κ1) is 22.8. The highest BCUT2D eigenvalue weighted by Gasteiger charge is 2.19. The predicted octanol–water partition coefficient (Wildman–Crippen LogP) is 4.70. The smallest absolute Gasteiger partial charge is 0.221 e. The topological polar surface area (TPSA) is 80.5 Å². The summed E-state index contributed by atoms with van der Waals surface area (Å²) in [5.74, 6) is 1.97. The molecule has 2 heterocycles. The van der Waals surface area contributed by atoms with Gasteiger partial charge < -0.3 is 19.4 Å². The minimum Gasteiger partial charge on any atom is -0.467 e. The molecule has 4 aromatic rings. The lowest BCUT2D eigenvalue weighted by Gasteiger charge is -2.24. The molecule has 2 aromatic carbocycles. The molecule has 0 aliphatic heterocycles. The second-order valence-corrected chi connectivity index (χ2v) is 7.87. The number of methoxy groups -OCH3 is 1. The van der Waals surface area contributed by atoms with Crippen LogP contribution in [0.2, 0.25) is 5.02 Å². The zero-order valence-corrected chi connectivity index (χ0v) is 19.1. The Hall–Kier alpha value is -3.42. The molecule has 7 nitrogen and oxygen atoms in total. The summed E-state index contributed by atoms with van der Waals surface area (Å²) in [5.41, 5.74) is 1.55. The SMILES string of the molecule is COCCNC(=O)CCN(Cc1ccco1)c1nc(-c2ccccc2Cl)nc2ccccc12. The van der Waals surface area contributed by atoms with Crippen LogP contribution >= 0.6 is 11.6 Å². The van der Waals surface area contributed by atoms with Crippen molar-refractivity contribution in [3.05, 3.63) is 77.7 Å². The van der Waals surface area contributed by atoms with E-state index in [9.17, 15) is 4.79 Å². The first-order valence-electron chi connectivity index (χ1n) is 10.7. The number of benzene rings is 2. The molecule has 170 valence electrons. The molecule has 33 heavy (non-hydrogen) atoms. The molecule has 1 N–H and O–H groups in total. The van der Waals surface area contributed by atoms with E-state index in [1.165, 1.54) is 0 Å². The van der Waals surface area contributed by atoms with E-state index in [1.807, 2.05) is 65.6 Å². The summed E-state index contributed by atoms with van der Waals surface area (Å²) in [4.78, 5) is 24.1. The number of nitrogens with one attached hydrogen (secondary N) is 1. The van der Waals surface area contributed by atoms with Crippen LogP contribution in [0.1, 0.15) is 12.2 Å². The molecule has 0 saturated carbocycles. The monoisotopic (exact) mass is 464 g/mol. The van der Waals surface area contributed by atoms with Gasteiger partial charge in [-0.15, -0.1) is 0 Å². The number of nitrogens with zero attached hydrogens (tertiary/aromatic N) is 3. The van der Waals surface area contributed by atoms with Crippen molar-refractivity contribution in [2.45, 2.75) is 13.0 Å². The molecule has 0 aliphatic carbocycles. The van der Waals surface area contributed by atoms with Gasteiger partial charge in [-0.3, -0.25) is 4.79 Å². The minimum atomic E-state index is -0.0545. The summed E-state index contributed by atoms with van der Waals surface area (Å²) in [6.07, 6.45) is 1.93. The van der Waals surface area contributed by atoms with Gasteiger partial charge >= 0.3 is 0 Å². The van der Waals surface area contributed by atoms with E-state index in [0.29, 0.717) is 43.5 Å². The van der Waals surface area contributed by atoms with Gasteiger partial charge in [-0.2, -0.15) is 0 Å². The zero-order valence-electron chi connectivity index (χ0n) is 18.3. The number of furan rings is 1. The Balaban J connectivity index is 1.71. The third-order valence-electron chi connectivity index (χ3n) is 5.16. The van der Waals surface area contributed by atoms with Crippen LogP contribution in [0.25, 0.3) is 22.3 Å². The van der Waals surface area contributed by atoms with Crippen molar-refractivity contribution >= 4 is 34.2 Å². The van der Waals surface area contributed by atoms with Crippen molar-refractivity contribution in [2.75, 3.05) is 31.7 Å². The Bertz CT molecular complexity index is 1210. The Morgan fingerprint density at radius 2 is 1.91 bits per heavy atom. The molecule has 0 saturated heterocycles. The van der Waals surface area contributed by atoms with E-state index < -0.39 is 0 Å². The second-order valence-electron chi connectivity index (χ2n) is 7.46. The van der Waals surface area contributed by atoms with Gasteiger partial charge in [-0.25, -0.2) is 9.97 Å². The summed E-state index contributed by atoms with van der Waals surface area (Å²) in [6.45, 7) is 1.85. The van der Waals surface area contributed by atoms with Crippen LogP contribution in [-0.2, 0) is 16.1 Å². The van der Waals surface area contributed by atoms with E-state index in [0.717, 1.165) is 28.0 Å². The summed E-state index contributed by atoms with van der Waals surface area (Å²) in [6, 6.07) is 19.1. The standard InChI is InChI=1S/C25H25ClN4O3/c1-32-16-13-27-23(31)12-14-30(17-18-7-6-15-33-18)25-20-9-3-5-11-22(20)28-24(29-25)19-8-2-4-10-21(19)26/h2-11,15H,12-14,16-17H2,1H3,(H,27,31). The number of carbonyl (C=O) groups excluding carboxylic acids is 1. The number of fused-ring (bicyclic) bond motifs is 1. The Morgan fingerprint density at radius 3 is 2.70 bits per heavy atom. The summed E-state index contributed by atoms with van der Waals surface area (Å²) < 4.78 is 10.6. The Kier molecular flexibility index (Phi) is 7.55. The number of ether oxygens (including phenoxy) is 1. The molecular weight excluding hydrogens is 440 g/mol. The van der Waals surface area contributed by atoms with E-state index in [1.54, 1.807) is 13.4 Å². The molecule has 0 fully saturated rings. The van der Waals surface area contributed by atoms with Gasteiger partial charge in [-0.05, 0) is 36.4 Å². The lowest BCUT2D eigenvalue weighted by Crippen LogP contribution is -2.32. The fraction of sp³-hybridized carbons (Fsp3) is 0.240. The quantitative estimate of drug-likeness (QED) is 0.342. The van der Waals surface area contributed by atoms with Crippen molar-refractivity contribution in [3.8, 4) is 11.4 Å². The number of anilines is 1. The predicted molar refractivity (Wildman–Crippen MR) is 129 cm³/mol. The lowest BCUT2D eigenvalue weighted by molar-refractivity contribution is -0.121. The van der Waals surface area contributed by atoms with Crippen LogP contribution in [0.5, 0.6) is 0 Å². The average Bonchev–Trinajstić information content (AvgIpc) is 3.35. The number of carbonyl (C=O) groups is 1. The van der Waals surface area contributed by atoms with Crippen LogP contribution in [0.15, 0.2) is 71.3 Å². The fourth-order valence-electron chi connectivity index (χ4n) is 3.53. The maximum absolute atomic E-state index is 12.4. The summed E-state index contributed by atoms with van der Waals surface area (Å²) in [7, 11) is 1.61. The molecule has 2 aromatic heterocycles. The van der Waals surface area contributed by atoms with Gasteiger partial charge in [0.2, 0.25) is 5.91 Å². The highest BCUT2D eigenvalue weighted by atomic mass is 35.5. The van der Waals surface area contributed by atoms with E-state index in [4.69, 9.17) is 30.7 Å². The van der Waals surface area contributed by atoms with E-state index in [-0.39, 0.29) is 5.91 Å². The fourth-order valence-corrected chi connectivity index (χ4v) is 3.75. The Labute approximate surface area is 197 Å². The zero-order chi connectivity index (χ0) is 23.0. The van der Waals surface area contributed by atoms with E-state index >= 15 is 0 Å². The van der Waals surface area contributed by atoms with Crippen LogP contribution in [0.4, 0.5) is 5.82 Å². The number of halogens is 1. The second kappa shape index (κ2) is 10.9. The minimum absolute atomic E-state index is 0.0545. The molecule has 0 bridgehead atoms. The number of para-hydroxylation sites is 1. The maximum Gasteiger partial charge on any atom is 0.221 e. The number of rotatable bonds is 10. The van der Waals surface area contributed by atoms with Crippen molar-refractivity contribution in [1.29, 1.82) is 0 Å². The van der Waals surface area contributed by atoms with Crippen molar-refractivity contribution in [1.82, 2.24) is 15.3 Å². The molecular formula is C25H25ClN4O3. The number of hydrogen-bond donors (Lipinski definition) is 1. The molecule has 0 aliphatic rings. The van der Waals surface area contributed by atoms with E-state index in [2.05, 4.69) is 5.32 Å². The highest BCUT2D eigenvalue weighted by molar-refractivity contribution is 6.33. The van der Waals surface area contributed by atoms with Gasteiger partial charge in [0.15, 0.2) is 5.82 Å². The maximum atomic E-state index is 12.4. The number of amides is 1. The first-order valence-corrected chi connectivity index (χ1v) is 11.1. The average molecular weight is 465 g/mol. The van der Waals surface area contributed by atoms with Crippen LogP contribution < -0.4 is 10.2 Å². The van der Waals surface area contributed by atoms with Crippen LogP contribution in [0, 0.1) is 0 Å². The summed E-state index contributed by atoms with van der Waals surface area (Å²) in [5, 5.41) is 4.33. The largest absolute Gasteiger partial charge is 0.467 e. The van der Waals surface area contributed by atoms with Gasteiger partial charge in [-0.1, -0.05) is 35.9 Å². The molecule has 4 rings (SSSR count). The van der Waals surface area contributed by atoms with Crippen LogP contribution in [-0.4, -0.2) is 42.7 Å². The molecule has 1 amide bonds. The van der Waals surface area contributed by atoms with Crippen molar-refractivity contribution in [2.24, 2.45) is 0 Å². The number of aromatic nitrogens is 2. The molecule has 0 spiro atoms. The van der Waals surface area contributed by atoms with Crippen molar-refractivity contribution < 1.29 is 13.9 Å². The lowest BCUT2D eigenvalue weighted by atomic mass is 10.1. The van der Waals surface area contributed by atoms with Crippen LogP contribution in [0.3, 0.4) is 0 Å². The third-order valence-corrected chi connectivity index (χ3v) is 5.49. The first-order chi connectivity index (χ1) is 16.2.